The molecule has 0 aliphatic rings. The lowest BCUT2D eigenvalue weighted by atomic mass is 10.1. The highest BCUT2D eigenvalue weighted by molar-refractivity contribution is 6.06. The fourth-order valence-electron chi connectivity index (χ4n) is 1.67. The summed E-state index contributed by atoms with van der Waals surface area (Å²) in [6.45, 7) is 0. The summed E-state index contributed by atoms with van der Waals surface area (Å²) in [5.41, 5.74) is 5.46. The highest BCUT2D eigenvalue weighted by atomic mass is 19.2. The number of rotatable bonds is 3. The SMILES string of the molecule is COc1ccc(NC(=O)c2ccc(F)c(F)c2F)c(N)c1. The minimum atomic E-state index is -1.70. The van der Waals surface area contributed by atoms with Crippen LogP contribution in [0, 0.1) is 17.5 Å². The van der Waals surface area contributed by atoms with Gasteiger partial charge in [-0.2, -0.15) is 0 Å². The molecule has 0 aliphatic carbocycles. The molecule has 0 radical (unpaired) electrons. The van der Waals surface area contributed by atoms with Gasteiger partial charge < -0.3 is 15.8 Å². The van der Waals surface area contributed by atoms with Crippen LogP contribution in [0.5, 0.6) is 5.75 Å². The van der Waals surface area contributed by atoms with Gasteiger partial charge in [-0.05, 0) is 24.3 Å². The summed E-state index contributed by atoms with van der Waals surface area (Å²) in [4.78, 5) is 11.9. The molecule has 0 fully saturated rings. The van der Waals surface area contributed by atoms with E-state index < -0.39 is 28.9 Å². The highest BCUT2D eigenvalue weighted by Crippen LogP contribution is 2.25. The fraction of sp³-hybridized carbons (Fsp3) is 0.0714. The van der Waals surface area contributed by atoms with Crippen molar-refractivity contribution in [2.45, 2.75) is 0 Å². The van der Waals surface area contributed by atoms with E-state index >= 15 is 0 Å². The number of nitrogen functional groups attached to an aromatic ring is 1. The van der Waals surface area contributed by atoms with Crippen LogP contribution in [0.3, 0.4) is 0 Å². The van der Waals surface area contributed by atoms with Crippen molar-refractivity contribution in [2.75, 3.05) is 18.2 Å². The summed E-state index contributed by atoms with van der Waals surface area (Å²) in [6, 6.07) is 5.96. The van der Waals surface area contributed by atoms with Crippen LogP contribution >= 0.6 is 0 Å². The summed E-state index contributed by atoms with van der Waals surface area (Å²) in [7, 11) is 1.45. The number of hydrogen-bond acceptors (Lipinski definition) is 3. The number of halogens is 3. The molecule has 0 bridgehead atoms. The standard InChI is InChI=1S/C14H11F3N2O2/c1-21-7-2-5-11(10(18)6-7)19-14(20)8-3-4-9(15)13(17)12(8)16/h2-6H,18H2,1H3,(H,19,20). The molecule has 4 nitrogen and oxygen atoms in total. The Morgan fingerprint density at radius 2 is 1.86 bits per heavy atom. The van der Waals surface area contributed by atoms with E-state index in [0.717, 1.165) is 6.07 Å². The Balaban J connectivity index is 2.28. The molecule has 1 amide bonds. The molecule has 3 N–H and O–H groups in total. The van der Waals surface area contributed by atoms with Crippen molar-refractivity contribution in [2.24, 2.45) is 0 Å². The van der Waals surface area contributed by atoms with Gasteiger partial charge in [0, 0.05) is 6.07 Å². The Labute approximate surface area is 118 Å². The molecule has 0 aromatic heterocycles. The van der Waals surface area contributed by atoms with Crippen LogP contribution in [0.4, 0.5) is 24.5 Å². The molecular formula is C14H11F3N2O2. The average molecular weight is 296 g/mol. The molecule has 0 saturated carbocycles. The maximum absolute atomic E-state index is 13.5. The van der Waals surface area contributed by atoms with Gasteiger partial charge in [-0.25, -0.2) is 13.2 Å². The second-order valence-corrected chi connectivity index (χ2v) is 4.13. The lowest BCUT2D eigenvalue weighted by molar-refractivity contribution is 0.102. The van der Waals surface area contributed by atoms with Gasteiger partial charge in [-0.1, -0.05) is 0 Å². The van der Waals surface area contributed by atoms with Gasteiger partial charge in [-0.3, -0.25) is 4.79 Å². The fourth-order valence-corrected chi connectivity index (χ4v) is 1.67. The van der Waals surface area contributed by atoms with Gasteiger partial charge in [0.1, 0.15) is 5.75 Å². The van der Waals surface area contributed by atoms with E-state index in [1.165, 1.54) is 25.3 Å². The number of nitrogens with two attached hydrogens (primary N) is 1. The van der Waals surface area contributed by atoms with Crippen molar-refractivity contribution in [1.29, 1.82) is 0 Å². The number of benzene rings is 2. The second kappa shape index (κ2) is 5.74. The smallest absolute Gasteiger partial charge is 0.258 e. The normalized spacial score (nSPS) is 10.3. The first kappa shape index (κ1) is 14.7. The number of carbonyl (C=O) groups excluding carboxylic acids is 1. The first-order chi connectivity index (χ1) is 9.93. The molecule has 0 aliphatic heterocycles. The monoisotopic (exact) mass is 296 g/mol. The third kappa shape index (κ3) is 2.91. The van der Waals surface area contributed by atoms with Gasteiger partial charge in [0.15, 0.2) is 17.5 Å². The molecule has 21 heavy (non-hydrogen) atoms. The molecule has 110 valence electrons. The quantitative estimate of drug-likeness (QED) is 0.676. The van der Waals surface area contributed by atoms with Crippen LogP contribution in [0.1, 0.15) is 10.4 Å². The van der Waals surface area contributed by atoms with Crippen LogP contribution in [0.15, 0.2) is 30.3 Å². The predicted molar refractivity (Wildman–Crippen MR) is 71.7 cm³/mol. The largest absolute Gasteiger partial charge is 0.497 e. The number of methoxy groups -OCH3 is 1. The maximum atomic E-state index is 13.5. The zero-order valence-corrected chi connectivity index (χ0v) is 10.9. The number of nitrogens with one attached hydrogen (secondary N) is 1. The Morgan fingerprint density at radius 1 is 1.14 bits per heavy atom. The lowest BCUT2D eigenvalue weighted by Crippen LogP contribution is -2.16. The molecule has 0 atom stereocenters. The van der Waals surface area contributed by atoms with Gasteiger partial charge in [-0.15, -0.1) is 0 Å². The Kier molecular flexibility index (Phi) is 4.02. The van der Waals surface area contributed by atoms with E-state index in [0.29, 0.717) is 11.8 Å². The summed E-state index contributed by atoms with van der Waals surface area (Å²) in [6.07, 6.45) is 0. The summed E-state index contributed by atoms with van der Waals surface area (Å²) in [5, 5.41) is 2.32. The van der Waals surface area contributed by atoms with Crippen molar-refractivity contribution in [3.63, 3.8) is 0 Å². The lowest BCUT2D eigenvalue weighted by Gasteiger charge is -2.10. The van der Waals surface area contributed by atoms with Gasteiger partial charge in [0.25, 0.3) is 5.91 Å². The maximum Gasteiger partial charge on any atom is 0.258 e. The van der Waals surface area contributed by atoms with Crippen LogP contribution in [-0.4, -0.2) is 13.0 Å². The number of amides is 1. The number of ether oxygens (including phenoxy) is 1. The van der Waals surface area contributed by atoms with Crippen molar-refractivity contribution >= 4 is 17.3 Å². The van der Waals surface area contributed by atoms with Crippen molar-refractivity contribution in [1.82, 2.24) is 0 Å². The molecule has 7 heteroatoms. The molecule has 0 spiro atoms. The van der Waals surface area contributed by atoms with Gasteiger partial charge in [0.2, 0.25) is 0 Å². The average Bonchev–Trinajstić information content (AvgIpc) is 2.46. The summed E-state index contributed by atoms with van der Waals surface area (Å²) >= 11 is 0. The van der Waals surface area contributed by atoms with E-state index in [1.54, 1.807) is 0 Å². The minimum absolute atomic E-state index is 0.186. The second-order valence-electron chi connectivity index (χ2n) is 4.13. The highest BCUT2D eigenvalue weighted by Gasteiger charge is 2.19. The van der Waals surface area contributed by atoms with Crippen molar-refractivity contribution in [3.8, 4) is 5.75 Å². The van der Waals surface area contributed by atoms with Crippen LogP contribution in [0.2, 0.25) is 0 Å². The predicted octanol–water partition coefficient (Wildman–Crippen LogP) is 2.95. The van der Waals surface area contributed by atoms with Crippen molar-refractivity contribution in [3.05, 3.63) is 53.3 Å². The molecular weight excluding hydrogens is 285 g/mol. The first-order valence-corrected chi connectivity index (χ1v) is 5.82. The number of hydrogen-bond donors (Lipinski definition) is 2. The van der Waals surface area contributed by atoms with E-state index in [4.69, 9.17) is 10.5 Å². The van der Waals surface area contributed by atoms with E-state index in [9.17, 15) is 18.0 Å². The molecule has 0 unspecified atom stereocenters. The number of anilines is 2. The topological polar surface area (TPSA) is 64.3 Å². The van der Waals surface area contributed by atoms with Crippen molar-refractivity contribution < 1.29 is 22.7 Å². The molecule has 0 saturated heterocycles. The summed E-state index contributed by atoms with van der Waals surface area (Å²) in [5.74, 6) is -5.09. The van der Waals surface area contributed by atoms with Gasteiger partial charge in [0.05, 0.1) is 24.0 Å². The van der Waals surface area contributed by atoms with E-state index in [2.05, 4.69) is 5.32 Å². The molecule has 0 heterocycles. The summed E-state index contributed by atoms with van der Waals surface area (Å²) < 4.78 is 44.4. The third-order valence-electron chi connectivity index (χ3n) is 2.79. The van der Waals surface area contributed by atoms with E-state index in [-0.39, 0.29) is 11.4 Å². The van der Waals surface area contributed by atoms with Crippen LogP contribution < -0.4 is 15.8 Å². The zero-order chi connectivity index (χ0) is 15.6. The molecule has 2 rings (SSSR count). The minimum Gasteiger partial charge on any atom is -0.497 e. The molecule has 2 aromatic rings. The van der Waals surface area contributed by atoms with E-state index in [1.807, 2.05) is 0 Å². The molecule has 2 aromatic carbocycles. The van der Waals surface area contributed by atoms with Gasteiger partial charge >= 0.3 is 0 Å². The first-order valence-electron chi connectivity index (χ1n) is 5.82. The van der Waals surface area contributed by atoms with Crippen LogP contribution in [-0.2, 0) is 0 Å². The Morgan fingerprint density at radius 3 is 2.48 bits per heavy atom. The van der Waals surface area contributed by atoms with Crippen LogP contribution in [0.25, 0.3) is 0 Å². The number of carbonyl (C=O) groups is 1. The Hall–Kier alpha value is -2.70. The third-order valence-corrected chi connectivity index (χ3v) is 2.79. The Bertz CT molecular complexity index is 705. The zero-order valence-electron chi connectivity index (χ0n) is 10.9.